The van der Waals surface area contributed by atoms with Crippen LogP contribution in [-0.4, -0.2) is 15.0 Å². The minimum atomic E-state index is 0.564. The van der Waals surface area contributed by atoms with Crippen LogP contribution in [0.5, 0.6) is 0 Å². The summed E-state index contributed by atoms with van der Waals surface area (Å²) in [5.74, 6) is 2.88. The van der Waals surface area contributed by atoms with Crippen LogP contribution in [0.4, 0.5) is 0 Å². The van der Waals surface area contributed by atoms with Gasteiger partial charge in [0.05, 0.1) is 0 Å². The second-order valence-corrected chi connectivity index (χ2v) is 4.42. The first-order chi connectivity index (χ1) is 3.27. The van der Waals surface area contributed by atoms with Crippen molar-refractivity contribution in [2.24, 2.45) is 0 Å². The van der Waals surface area contributed by atoms with Crippen molar-refractivity contribution >= 4 is 15.0 Å². The maximum absolute atomic E-state index is 3.06. The Bertz CT molecular complexity index is 84.1. The van der Waals surface area contributed by atoms with Gasteiger partial charge in [0, 0.05) is 0 Å². The summed E-state index contributed by atoms with van der Waals surface area (Å²) in [4.78, 5) is 3.85. The first-order valence-corrected chi connectivity index (χ1v) is 4.19. The molecule has 0 saturated carbocycles. The standard InChI is InChI=1S/C6H10Se/c1-4-5-7-6(2)3/h6H,1-3H3. The zero-order valence-corrected chi connectivity index (χ0v) is 6.70. The van der Waals surface area contributed by atoms with Gasteiger partial charge in [-0.25, -0.2) is 0 Å². The van der Waals surface area contributed by atoms with E-state index in [0.717, 1.165) is 4.82 Å². The van der Waals surface area contributed by atoms with Crippen molar-refractivity contribution in [3.63, 3.8) is 0 Å². The van der Waals surface area contributed by atoms with Gasteiger partial charge >= 0.3 is 51.3 Å². The summed E-state index contributed by atoms with van der Waals surface area (Å²) in [5.41, 5.74) is 0. The molecular weight excluding hydrogens is 151 g/mol. The Balaban J connectivity index is 3.08. The summed E-state index contributed by atoms with van der Waals surface area (Å²) in [7, 11) is 0. The van der Waals surface area contributed by atoms with E-state index < -0.39 is 0 Å². The Labute approximate surface area is 51.8 Å². The molecule has 0 atom stereocenters. The van der Waals surface area contributed by atoms with Crippen LogP contribution in [0, 0.1) is 10.7 Å². The van der Waals surface area contributed by atoms with Crippen molar-refractivity contribution in [1.82, 2.24) is 0 Å². The molecule has 0 amide bonds. The van der Waals surface area contributed by atoms with E-state index in [2.05, 4.69) is 24.6 Å². The second kappa shape index (κ2) is 4.24. The fourth-order valence-corrected chi connectivity index (χ4v) is 0.919. The van der Waals surface area contributed by atoms with Crippen LogP contribution in [0.2, 0.25) is 4.82 Å². The molecule has 7 heavy (non-hydrogen) atoms. The summed E-state index contributed by atoms with van der Waals surface area (Å²) in [5, 5.41) is 0. The third-order valence-corrected chi connectivity index (χ3v) is 2.06. The zero-order valence-electron chi connectivity index (χ0n) is 4.99. The average Bonchev–Trinajstić information content (AvgIpc) is 1.61. The van der Waals surface area contributed by atoms with Gasteiger partial charge < -0.3 is 0 Å². The van der Waals surface area contributed by atoms with E-state index in [9.17, 15) is 0 Å². The molecule has 0 unspecified atom stereocenters. The topological polar surface area (TPSA) is 0 Å². The normalized spacial score (nSPS) is 8.00. The van der Waals surface area contributed by atoms with Crippen LogP contribution < -0.4 is 0 Å². The Morgan fingerprint density at radius 3 is 2.14 bits per heavy atom. The van der Waals surface area contributed by atoms with E-state index in [1.54, 1.807) is 0 Å². The molecule has 0 spiro atoms. The fourth-order valence-electron chi connectivity index (χ4n) is 0.177. The molecule has 0 radical (unpaired) electrons. The van der Waals surface area contributed by atoms with Gasteiger partial charge in [0.25, 0.3) is 0 Å². The van der Waals surface area contributed by atoms with Gasteiger partial charge in [0.15, 0.2) is 0 Å². The summed E-state index contributed by atoms with van der Waals surface area (Å²) < 4.78 is 0. The van der Waals surface area contributed by atoms with Crippen LogP contribution in [0.1, 0.15) is 20.8 Å². The molecule has 0 aliphatic carbocycles. The van der Waals surface area contributed by atoms with Gasteiger partial charge in [-0.05, 0) is 0 Å². The molecule has 0 aromatic rings. The van der Waals surface area contributed by atoms with E-state index >= 15 is 0 Å². The predicted octanol–water partition coefficient (Wildman–Crippen LogP) is 1.50. The summed E-state index contributed by atoms with van der Waals surface area (Å²) in [6.07, 6.45) is 0. The Kier molecular flexibility index (Phi) is 4.29. The molecule has 0 saturated heterocycles. The second-order valence-electron chi connectivity index (χ2n) is 1.52. The number of hydrogen-bond acceptors (Lipinski definition) is 0. The third-order valence-electron chi connectivity index (χ3n) is 0.397. The minimum absolute atomic E-state index is 0.564. The van der Waals surface area contributed by atoms with Gasteiger partial charge in [0.1, 0.15) is 0 Å². The Hall–Kier alpha value is 0.0795. The van der Waals surface area contributed by atoms with Gasteiger partial charge in [0.2, 0.25) is 0 Å². The predicted molar refractivity (Wildman–Crippen MR) is 34.3 cm³/mol. The van der Waals surface area contributed by atoms with E-state index in [4.69, 9.17) is 0 Å². The molecule has 40 valence electrons. The quantitative estimate of drug-likeness (QED) is 0.404. The molecule has 0 bridgehead atoms. The van der Waals surface area contributed by atoms with Gasteiger partial charge in [-0.3, -0.25) is 0 Å². The SMILES string of the molecule is CC#C[Se]C(C)C. The van der Waals surface area contributed by atoms with E-state index in [-0.39, 0.29) is 0 Å². The average molecular weight is 161 g/mol. The van der Waals surface area contributed by atoms with Crippen molar-refractivity contribution in [1.29, 1.82) is 0 Å². The third kappa shape index (κ3) is 6.08. The van der Waals surface area contributed by atoms with Crippen molar-refractivity contribution in [3.05, 3.63) is 0 Å². The van der Waals surface area contributed by atoms with Crippen molar-refractivity contribution < 1.29 is 0 Å². The molecule has 1 heteroatoms. The molecule has 0 N–H and O–H groups in total. The summed E-state index contributed by atoms with van der Waals surface area (Å²) in [6, 6.07) is 0. The molecule has 0 heterocycles. The monoisotopic (exact) mass is 162 g/mol. The summed E-state index contributed by atoms with van der Waals surface area (Å²) in [6.45, 7) is 6.29. The summed E-state index contributed by atoms with van der Waals surface area (Å²) >= 11 is 0.564. The molecule has 0 aromatic carbocycles. The Morgan fingerprint density at radius 2 is 2.00 bits per heavy atom. The van der Waals surface area contributed by atoms with Gasteiger partial charge in [-0.15, -0.1) is 0 Å². The first-order valence-electron chi connectivity index (χ1n) is 2.34. The number of rotatable bonds is 1. The van der Waals surface area contributed by atoms with Crippen LogP contribution in [-0.2, 0) is 0 Å². The molecule has 0 aliphatic rings. The molecular formula is C6H10Se. The molecule has 0 aromatic heterocycles. The Morgan fingerprint density at radius 1 is 1.43 bits per heavy atom. The van der Waals surface area contributed by atoms with Crippen LogP contribution in [0.3, 0.4) is 0 Å². The van der Waals surface area contributed by atoms with E-state index in [1.165, 1.54) is 0 Å². The van der Waals surface area contributed by atoms with Gasteiger partial charge in [-0.1, -0.05) is 0 Å². The molecule has 0 aliphatic heterocycles. The fraction of sp³-hybridized carbons (Fsp3) is 0.667. The first kappa shape index (κ1) is 7.08. The van der Waals surface area contributed by atoms with Crippen LogP contribution >= 0.6 is 0 Å². The van der Waals surface area contributed by atoms with Crippen molar-refractivity contribution in [2.75, 3.05) is 0 Å². The van der Waals surface area contributed by atoms with Crippen LogP contribution in [0.15, 0.2) is 0 Å². The maximum atomic E-state index is 3.06. The van der Waals surface area contributed by atoms with Crippen LogP contribution in [0.25, 0.3) is 0 Å². The van der Waals surface area contributed by atoms with E-state index in [1.807, 2.05) is 6.92 Å². The molecule has 0 nitrogen and oxygen atoms in total. The van der Waals surface area contributed by atoms with Crippen molar-refractivity contribution in [3.8, 4) is 10.7 Å². The van der Waals surface area contributed by atoms with Crippen molar-refractivity contribution in [2.45, 2.75) is 25.6 Å². The van der Waals surface area contributed by atoms with Gasteiger partial charge in [-0.2, -0.15) is 0 Å². The zero-order chi connectivity index (χ0) is 5.70. The van der Waals surface area contributed by atoms with E-state index in [0.29, 0.717) is 15.0 Å². The molecule has 0 fully saturated rings. The number of hydrogen-bond donors (Lipinski definition) is 0. The molecule has 0 rings (SSSR count).